The zero-order valence-corrected chi connectivity index (χ0v) is 77.2. The van der Waals surface area contributed by atoms with E-state index in [4.69, 9.17) is 55.6 Å². The SMILES string of the molecule is CC(C)CCOC(=O)c1ccc2c3c(onc13)-c1ccccc1C2=O.CC(C)OC(=O)c1ccc2c3c(onc13)-c1ccccc1C2=O.CCCCCCOC(=O)c1ccc2c3c(onc13)-c1ccccc1C2=O.CCCCOC(=O)c1ccc2c3c(onc13)-c1ccccc1C2=O.CCOC(=O)c1ccc2c3c(onc13)-c1ccccc1C2=O.COC(=O)c1ccc2c3c(onc13)-c1ccccc1C2=O. The first-order valence-corrected chi connectivity index (χ1v) is 45.9. The van der Waals surface area contributed by atoms with E-state index in [0.717, 1.165) is 44.9 Å². The lowest BCUT2D eigenvalue weighted by atomic mass is 9.87. The molecule has 702 valence electrons. The summed E-state index contributed by atoms with van der Waals surface area (Å²) >= 11 is 0. The number of nitrogens with zero attached hydrogens (tertiary/aromatic N) is 6. The fraction of sp³-hybridized carbons (Fsp3) is 0.189. The number of hydrogen-bond acceptors (Lipinski definition) is 30. The van der Waals surface area contributed by atoms with Crippen LogP contribution in [0.1, 0.15) is 251 Å². The van der Waals surface area contributed by atoms with Crippen LogP contribution in [0.25, 0.3) is 133 Å². The van der Waals surface area contributed by atoms with Crippen LogP contribution >= 0.6 is 0 Å². The van der Waals surface area contributed by atoms with E-state index in [1.54, 1.807) is 142 Å². The Balaban J connectivity index is 0.000000108. The summed E-state index contributed by atoms with van der Waals surface area (Å²) in [6.45, 7) is 15.0. The Kier molecular flexibility index (Phi) is 25.4. The topological polar surface area (TPSA) is 416 Å². The maximum Gasteiger partial charge on any atom is 0.340 e. The van der Waals surface area contributed by atoms with E-state index in [1.807, 2.05) is 104 Å². The molecular weight excluding hydrogens is 1800 g/mol. The van der Waals surface area contributed by atoms with E-state index < -0.39 is 35.8 Å². The third-order valence-corrected chi connectivity index (χ3v) is 24.8. The van der Waals surface area contributed by atoms with Gasteiger partial charge in [-0.1, -0.05) is 230 Å². The third kappa shape index (κ3) is 16.5. The average molecular weight is 1890 g/mol. The van der Waals surface area contributed by atoms with Crippen molar-refractivity contribution in [1.82, 2.24) is 30.9 Å². The van der Waals surface area contributed by atoms with E-state index in [1.165, 1.54) is 7.11 Å². The minimum atomic E-state index is -0.507. The molecule has 0 N–H and O–H groups in total. The molecule has 6 aromatic heterocycles. The van der Waals surface area contributed by atoms with Crippen LogP contribution in [-0.4, -0.2) is 141 Å². The van der Waals surface area contributed by atoms with Crippen LogP contribution in [0.5, 0.6) is 0 Å². The van der Waals surface area contributed by atoms with Crippen LogP contribution in [0.15, 0.2) is 246 Å². The van der Waals surface area contributed by atoms with Crippen LogP contribution in [0.3, 0.4) is 0 Å². The summed E-state index contributed by atoms with van der Waals surface area (Å²) in [6, 6.07) is 62.7. The van der Waals surface area contributed by atoms with Crippen LogP contribution in [0.4, 0.5) is 0 Å². The van der Waals surface area contributed by atoms with Gasteiger partial charge in [0, 0.05) is 100 Å². The number of ether oxygens (including phenoxy) is 6. The van der Waals surface area contributed by atoms with Gasteiger partial charge < -0.3 is 55.6 Å². The zero-order chi connectivity index (χ0) is 98.3. The molecule has 6 aliphatic rings. The Bertz CT molecular complexity index is 8270. The lowest BCUT2D eigenvalue weighted by Crippen LogP contribution is -2.14. The minimum absolute atomic E-state index is 0.0826. The average Bonchev–Trinajstić information content (AvgIpc) is 1.65. The summed E-state index contributed by atoms with van der Waals surface area (Å²) in [7, 11) is 1.30. The van der Waals surface area contributed by atoms with Crippen molar-refractivity contribution in [3.05, 3.63) is 319 Å². The third-order valence-electron chi connectivity index (χ3n) is 24.8. The van der Waals surface area contributed by atoms with E-state index in [2.05, 4.69) is 51.7 Å². The number of carbonyl (C=O) groups excluding carboxylic acids is 12. The van der Waals surface area contributed by atoms with Gasteiger partial charge in [-0.05, 0) is 119 Å². The van der Waals surface area contributed by atoms with E-state index in [9.17, 15) is 57.5 Å². The van der Waals surface area contributed by atoms with Crippen LogP contribution in [0, 0.1) is 5.92 Å². The number of hydrogen-bond donors (Lipinski definition) is 0. The maximum absolute atomic E-state index is 12.8. The molecule has 18 aromatic rings. The van der Waals surface area contributed by atoms with Crippen LogP contribution < -0.4 is 0 Å². The number of benzene rings is 12. The van der Waals surface area contributed by atoms with Crippen molar-refractivity contribution in [2.45, 2.75) is 99.5 Å². The van der Waals surface area contributed by atoms with E-state index in [-0.39, 0.29) is 47.4 Å². The highest BCUT2D eigenvalue weighted by molar-refractivity contribution is 6.32. The summed E-state index contributed by atoms with van der Waals surface area (Å²) in [6.07, 6.45) is 6.46. The molecular formula is C111H84N6O24. The molecule has 0 radical (unpaired) electrons. The van der Waals surface area contributed by atoms with Crippen molar-refractivity contribution in [2.24, 2.45) is 5.92 Å². The van der Waals surface area contributed by atoms with E-state index in [0.29, 0.717) is 259 Å². The van der Waals surface area contributed by atoms with Gasteiger partial charge >= 0.3 is 35.8 Å². The van der Waals surface area contributed by atoms with Gasteiger partial charge in [-0.3, -0.25) is 28.8 Å². The maximum atomic E-state index is 12.8. The molecule has 6 aliphatic carbocycles. The minimum Gasteiger partial charge on any atom is -0.465 e. The molecule has 0 fully saturated rings. The second-order valence-corrected chi connectivity index (χ2v) is 34.3. The Morgan fingerprint density at radius 2 is 0.482 bits per heavy atom. The molecule has 24 rings (SSSR count). The first-order valence-electron chi connectivity index (χ1n) is 45.9. The Labute approximate surface area is 801 Å². The first kappa shape index (κ1) is 92.4. The van der Waals surface area contributed by atoms with Gasteiger partial charge in [0.05, 0.1) is 105 Å². The van der Waals surface area contributed by atoms with Crippen molar-refractivity contribution < 1.29 is 113 Å². The number of unbranched alkanes of at least 4 members (excludes halogenated alkanes) is 4. The molecule has 141 heavy (non-hydrogen) atoms. The van der Waals surface area contributed by atoms with Gasteiger partial charge in [0.15, 0.2) is 69.3 Å². The molecule has 0 aliphatic heterocycles. The van der Waals surface area contributed by atoms with Gasteiger partial charge in [0.25, 0.3) is 0 Å². The molecule has 0 amide bonds. The number of esters is 6. The summed E-state index contributed by atoms with van der Waals surface area (Å²) in [5.41, 5.74) is 14.8. The summed E-state index contributed by atoms with van der Waals surface area (Å²) < 4.78 is 63.7. The molecule has 0 saturated carbocycles. The highest BCUT2D eigenvalue weighted by Crippen LogP contribution is 2.48. The summed E-state index contributed by atoms with van der Waals surface area (Å²) in [5.74, 6) is 0.279. The van der Waals surface area contributed by atoms with Crippen LogP contribution in [-0.2, 0) is 28.4 Å². The van der Waals surface area contributed by atoms with Crippen molar-refractivity contribution in [3.8, 4) is 67.9 Å². The van der Waals surface area contributed by atoms with Crippen molar-refractivity contribution >= 4 is 136 Å². The molecule has 0 saturated heterocycles. The molecule has 12 aromatic carbocycles. The van der Waals surface area contributed by atoms with Gasteiger partial charge in [-0.15, -0.1) is 0 Å². The molecule has 30 nitrogen and oxygen atoms in total. The lowest BCUT2D eigenvalue weighted by Gasteiger charge is -2.14. The highest BCUT2D eigenvalue weighted by Gasteiger charge is 2.39. The first-order chi connectivity index (χ1) is 68.5. The fourth-order valence-electron chi connectivity index (χ4n) is 17.9. The van der Waals surface area contributed by atoms with Crippen molar-refractivity contribution in [3.63, 3.8) is 0 Å². The van der Waals surface area contributed by atoms with Crippen molar-refractivity contribution in [1.29, 1.82) is 0 Å². The Morgan fingerprint density at radius 3 is 0.716 bits per heavy atom. The van der Waals surface area contributed by atoms with Crippen LogP contribution in [0.2, 0.25) is 0 Å². The number of fused-ring (bicyclic) bond motifs is 12. The monoisotopic (exact) mass is 1880 g/mol. The molecule has 6 heterocycles. The predicted molar refractivity (Wildman–Crippen MR) is 514 cm³/mol. The molecule has 0 spiro atoms. The van der Waals surface area contributed by atoms with Gasteiger partial charge in [-0.2, -0.15) is 0 Å². The summed E-state index contributed by atoms with van der Waals surface area (Å²) in [4.78, 5) is 149. The van der Waals surface area contributed by atoms with Gasteiger partial charge in [0.1, 0.15) is 33.1 Å². The number of carbonyl (C=O) groups is 12. The zero-order valence-electron chi connectivity index (χ0n) is 77.2. The van der Waals surface area contributed by atoms with E-state index >= 15 is 0 Å². The molecule has 30 heteroatoms. The fourth-order valence-corrected chi connectivity index (χ4v) is 17.9. The predicted octanol–water partition coefficient (Wildman–Crippen LogP) is 22.7. The Hall–Kier alpha value is -17.7. The number of aromatic nitrogens is 6. The second kappa shape index (κ2) is 38.8. The second-order valence-electron chi connectivity index (χ2n) is 34.3. The number of rotatable bonds is 19. The Morgan fingerprint density at radius 1 is 0.255 bits per heavy atom. The molecule has 0 atom stereocenters. The molecule has 0 unspecified atom stereocenters. The normalized spacial score (nSPS) is 12.4. The number of methoxy groups -OCH3 is 1. The van der Waals surface area contributed by atoms with Gasteiger partial charge in [-0.25, -0.2) is 28.8 Å². The molecule has 0 bridgehead atoms. The highest BCUT2D eigenvalue weighted by atomic mass is 16.6. The smallest absolute Gasteiger partial charge is 0.340 e. The number of ketones is 6. The van der Waals surface area contributed by atoms with Gasteiger partial charge in [0.2, 0.25) is 0 Å². The largest absolute Gasteiger partial charge is 0.465 e. The van der Waals surface area contributed by atoms with Crippen molar-refractivity contribution in [2.75, 3.05) is 33.5 Å². The summed E-state index contributed by atoms with van der Waals surface area (Å²) in [5, 5.41) is 27.7. The quantitative estimate of drug-likeness (QED) is 0.0412. The standard InChI is InChI=1S/C21H19NO4.C20H17NO4.C19H15NO4.C18H13NO4.C17H11NO4.C16H9NO4/c1-2-3-4-7-12-25-21(24)16-11-10-15-17-18(16)22-26-20(17)14-9-6-5-8-13(14)19(15)23;1-11(2)9-10-24-20(23)15-8-7-14-16-17(15)21-25-19(16)13-6-4-3-5-12(13)18(14)22;1-2-3-10-23-19(22)14-9-8-13-15-16(14)20-24-18(15)12-7-5-4-6-11(12)17(13)21;1-9(2)22-18(21)13-8-7-12-14-15(13)19-23-17(14)11-6-4-3-5-10(11)16(12)20;1-2-21-17(20)12-8-7-11-13-14(12)18-22-16(13)10-6-4-3-5-9(10)15(11)19;1-20-16(19)11-7-6-10-12-13(11)17-21-15(12)9-5-3-2-4-8(9)14(10)18/h5-6,8-11H,2-4,7,12H2,1H3;3-8,11H,9-10H2,1-2H3;4-9H,2-3,10H2,1H3;3-9H,1-2H3;3-8H,2H2,1H3;2-7H,1H3. The lowest BCUT2D eigenvalue weighted by molar-refractivity contribution is 0.0376.